The number of hydrogen-bond donors (Lipinski definition) is 1. The Morgan fingerprint density at radius 3 is 2.69 bits per heavy atom. The number of thiophene rings is 1. The monoisotopic (exact) mass is 369 g/mol. The van der Waals surface area contributed by atoms with E-state index in [1.807, 2.05) is 35.0 Å². The topological polar surface area (TPSA) is 68.0 Å². The molecule has 0 aliphatic heterocycles. The van der Waals surface area contributed by atoms with Gasteiger partial charge in [0.05, 0.1) is 6.04 Å². The van der Waals surface area contributed by atoms with Gasteiger partial charge in [0.25, 0.3) is 0 Å². The number of benzene rings is 1. The van der Waals surface area contributed by atoms with Crippen LogP contribution in [0.2, 0.25) is 0 Å². The van der Waals surface area contributed by atoms with E-state index in [2.05, 4.69) is 41.5 Å². The van der Waals surface area contributed by atoms with Crippen molar-refractivity contribution >= 4 is 17.2 Å². The third-order valence-corrected chi connectivity index (χ3v) is 4.73. The SMILES string of the molecule is CC(C)CC(NC(=O)CCc1nnc(-c2ccsc2)o1)c1ccccc1. The average Bonchev–Trinajstić information content (AvgIpc) is 3.31. The summed E-state index contributed by atoms with van der Waals surface area (Å²) in [5.74, 6) is 1.48. The Hall–Kier alpha value is -2.47. The fraction of sp³-hybridized carbons (Fsp3) is 0.350. The number of rotatable bonds is 8. The minimum Gasteiger partial charge on any atom is -0.421 e. The van der Waals surface area contributed by atoms with Crippen molar-refractivity contribution in [2.45, 2.75) is 39.2 Å². The quantitative estimate of drug-likeness (QED) is 0.628. The minimum absolute atomic E-state index is 0.00483. The highest BCUT2D eigenvalue weighted by Gasteiger charge is 2.17. The lowest BCUT2D eigenvalue weighted by Gasteiger charge is -2.21. The summed E-state index contributed by atoms with van der Waals surface area (Å²) >= 11 is 1.58. The maximum absolute atomic E-state index is 12.4. The van der Waals surface area contributed by atoms with Gasteiger partial charge in [-0.3, -0.25) is 4.79 Å². The van der Waals surface area contributed by atoms with Gasteiger partial charge in [-0.2, -0.15) is 11.3 Å². The molecule has 26 heavy (non-hydrogen) atoms. The lowest BCUT2D eigenvalue weighted by molar-refractivity contribution is -0.122. The molecule has 3 aromatic rings. The van der Waals surface area contributed by atoms with E-state index in [1.165, 1.54) is 0 Å². The predicted molar refractivity (Wildman–Crippen MR) is 103 cm³/mol. The predicted octanol–water partition coefficient (Wildman–Crippen LogP) is 4.63. The summed E-state index contributed by atoms with van der Waals surface area (Å²) in [6.45, 7) is 4.32. The lowest BCUT2D eigenvalue weighted by Crippen LogP contribution is -2.29. The molecule has 0 saturated carbocycles. The van der Waals surface area contributed by atoms with E-state index in [0.29, 0.717) is 30.5 Å². The number of amides is 1. The van der Waals surface area contributed by atoms with Crippen LogP contribution < -0.4 is 5.32 Å². The standard InChI is InChI=1S/C20H23N3O2S/c1-14(2)12-17(15-6-4-3-5-7-15)21-18(24)8-9-19-22-23-20(25-19)16-10-11-26-13-16/h3-7,10-11,13-14,17H,8-9,12H2,1-2H3,(H,21,24). The molecule has 1 aromatic carbocycles. The first-order chi connectivity index (χ1) is 12.6. The summed E-state index contributed by atoms with van der Waals surface area (Å²) in [7, 11) is 0. The fourth-order valence-electron chi connectivity index (χ4n) is 2.78. The van der Waals surface area contributed by atoms with Gasteiger partial charge < -0.3 is 9.73 Å². The van der Waals surface area contributed by atoms with Crippen molar-refractivity contribution in [3.05, 3.63) is 58.6 Å². The number of nitrogens with zero attached hydrogens (tertiary/aromatic N) is 2. The Labute approximate surface area is 157 Å². The normalized spacial score (nSPS) is 12.3. The van der Waals surface area contributed by atoms with E-state index >= 15 is 0 Å². The largest absolute Gasteiger partial charge is 0.421 e. The summed E-state index contributed by atoms with van der Waals surface area (Å²) in [6.07, 6.45) is 1.66. The van der Waals surface area contributed by atoms with Gasteiger partial charge in [-0.1, -0.05) is 44.2 Å². The first-order valence-corrected chi connectivity index (χ1v) is 9.75. The molecule has 6 heteroatoms. The second-order valence-electron chi connectivity index (χ2n) is 6.67. The van der Waals surface area contributed by atoms with Crippen LogP contribution in [0.25, 0.3) is 11.5 Å². The van der Waals surface area contributed by atoms with E-state index < -0.39 is 0 Å². The smallest absolute Gasteiger partial charge is 0.248 e. The molecule has 0 fully saturated rings. The highest BCUT2D eigenvalue weighted by Crippen LogP contribution is 2.22. The number of carbonyl (C=O) groups excluding carboxylic acids is 1. The van der Waals surface area contributed by atoms with E-state index in [0.717, 1.165) is 17.5 Å². The van der Waals surface area contributed by atoms with Crippen molar-refractivity contribution in [3.63, 3.8) is 0 Å². The molecule has 3 rings (SSSR count). The summed E-state index contributed by atoms with van der Waals surface area (Å²) in [5.41, 5.74) is 2.05. The van der Waals surface area contributed by atoms with E-state index in [-0.39, 0.29) is 11.9 Å². The molecule has 0 bridgehead atoms. The van der Waals surface area contributed by atoms with Crippen LogP contribution in [0, 0.1) is 5.92 Å². The number of carbonyl (C=O) groups is 1. The fourth-order valence-corrected chi connectivity index (χ4v) is 3.41. The molecule has 1 amide bonds. The highest BCUT2D eigenvalue weighted by atomic mass is 32.1. The molecule has 0 saturated heterocycles. The van der Waals surface area contributed by atoms with Crippen molar-refractivity contribution in [2.75, 3.05) is 0 Å². The summed E-state index contributed by atoms with van der Waals surface area (Å²) < 4.78 is 5.64. The Balaban J connectivity index is 1.57. The van der Waals surface area contributed by atoms with Gasteiger partial charge in [-0.15, -0.1) is 10.2 Å². The van der Waals surface area contributed by atoms with Crippen LogP contribution in [0.15, 0.2) is 51.6 Å². The zero-order valence-corrected chi connectivity index (χ0v) is 15.8. The summed E-state index contributed by atoms with van der Waals surface area (Å²) in [5, 5.41) is 15.1. The van der Waals surface area contributed by atoms with Gasteiger partial charge >= 0.3 is 0 Å². The molecule has 2 aromatic heterocycles. The lowest BCUT2D eigenvalue weighted by atomic mass is 9.97. The molecular weight excluding hydrogens is 346 g/mol. The van der Waals surface area contributed by atoms with Crippen LogP contribution in [0.4, 0.5) is 0 Å². The Kier molecular flexibility index (Phi) is 6.17. The van der Waals surface area contributed by atoms with Gasteiger partial charge in [-0.25, -0.2) is 0 Å². The zero-order chi connectivity index (χ0) is 18.4. The Morgan fingerprint density at radius 2 is 2.00 bits per heavy atom. The number of aromatic nitrogens is 2. The van der Waals surface area contributed by atoms with Crippen molar-refractivity contribution in [1.82, 2.24) is 15.5 Å². The molecule has 1 unspecified atom stereocenters. The van der Waals surface area contributed by atoms with Crippen molar-refractivity contribution in [1.29, 1.82) is 0 Å². The number of hydrogen-bond acceptors (Lipinski definition) is 5. The van der Waals surface area contributed by atoms with Gasteiger partial charge in [0, 0.05) is 23.8 Å². The van der Waals surface area contributed by atoms with Crippen LogP contribution in [-0.2, 0) is 11.2 Å². The first kappa shape index (κ1) is 18.3. The molecule has 0 spiro atoms. The van der Waals surface area contributed by atoms with Crippen LogP contribution in [-0.4, -0.2) is 16.1 Å². The van der Waals surface area contributed by atoms with Gasteiger partial charge in [-0.05, 0) is 29.3 Å². The van der Waals surface area contributed by atoms with Gasteiger partial charge in [0.1, 0.15) is 0 Å². The highest BCUT2D eigenvalue weighted by molar-refractivity contribution is 7.08. The molecule has 5 nitrogen and oxygen atoms in total. The first-order valence-electron chi connectivity index (χ1n) is 8.81. The van der Waals surface area contributed by atoms with Crippen LogP contribution in [0.1, 0.15) is 44.2 Å². The third kappa shape index (κ3) is 5.02. The molecular formula is C20H23N3O2S. The van der Waals surface area contributed by atoms with Crippen molar-refractivity contribution in [2.24, 2.45) is 5.92 Å². The molecule has 2 heterocycles. The van der Waals surface area contributed by atoms with Crippen LogP contribution in [0.5, 0.6) is 0 Å². The second-order valence-corrected chi connectivity index (χ2v) is 7.45. The van der Waals surface area contributed by atoms with Crippen molar-refractivity contribution in [3.8, 4) is 11.5 Å². The Morgan fingerprint density at radius 1 is 1.19 bits per heavy atom. The van der Waals surface area contributed by atoms with E-state index in [4.69, 9.17) is 4.42 Å². The second kappa shape index (κ2) is 8.76. The molecule has 0 radical (unpaired) electrons. The summed E-state index contributed by atoms with van der Waals surface area (Å²) in [6, 6.07) is 12.0. The van der Waals surface area contributed by atoms with E-state index in [9.17, 15) is 4.79 Å². The average molecular weight is 369 g/mol. The van der Waals surface area contributed by atoms with Gasteiger partial charge in [0.15, 0.2) is 0 Å². The molecule has 136 valence electrons. The van der Waals surface area contributed by atoms with Crippen molar-refractivity contribution < 1.29 is 9.21 Å². The molecule has 0 aliphatic rings. The third-order valence-electron chi connectivity index (χ3n) is 4.05. The molecule has 1 N–H and O–H groups in total. The Bertz CT molecular complexity index is 813. The number of aryl methyl sites for hydroxylation is 1. The summed E-state index contributed by atoms with van der Waals surface area (Å²) in [4.78, 5) is 12.4. The zero-order valence-electron chi connectivity index (χ0n) is 15.0. The molecule has 1 atom stereocenters. The van der Waals surface area contributed by atoms with E-state index in [1.54, 1.807) is 11.3 Å². The maximum Gasteiger partial charge on any atom is 0.248 e. The van der Waals surface area contributed by atoms with Crippen LogP contribution >= 0.6 is 11.3 Å². The molecule has 0 aliphatic carbocycles. The maximum atomic E-state index is 12.4. The van der Waals surface area contributed by atoms with Gasteiger partial charge in [0.2, 0.25) is 17.7 Å². The minimum atomic E-state index is -0.00483. The number of nitrogens with one attached hydrogen (secondary N) is 1. The van der Waals surface area contributed by atoms with Crippen LogP contribution in [0.3, 0.4) is 0 Å².